The highest BCUT2D eigenvalue weighted by atomic mass is 15.1. The molecule has 0 aliphatic rings. The molecule has 0 bridgehead atoms. The number of hydrogen-bond acceptors (Lipinski definition) is 2. The largest absolute Gasteiger partial charge is 0.311 e. The highest BCUT2D eigenvalue weighted by molar-refractivity contribution is 7.00. The van der Waals surface area contributed by atoms with Crippen LogP contribution in [-0.4, -0.2) is 11.7 Å². The van der Waals surface area contributed by atoms with Gasteiger partial charge in [-0.05, 0) is 59.7 Å². The molecule has 0 radical (unpaired) electrons. The van der Waals surface area contributed by atoms with Gasteiger partial charge in [0.05, 0.1) is 5.69 Å². The molecule has 6 aromatic carbocycles. The van der Waals surface area contributed by atoms with E-state index in [9.17, 15) is 0 Å². The van der Waals surface area contributed by atoms with E-state index in [0.29, 0.717) is 0 Å². The standard InChI is InChI=1S/C43H33BN2/c1-6-16-35(17-7-1)43(44(37-18-8-2-9-19-37)38-20-10-3-11-21-38)32-39-29-26-36(33-45-39)34-27-30-42(31-28-34)46(40-22-12-4-13-23-40)41-24-14-5-15-25-41/h1-33H/b43-32-. The Bertz CT molecular complexity index is 1910. The zero-order valence-electron chi connectivity index (χ0n) is 25.5. The Labute approximate surface area is 272 Å². The summed E-state index contributed by atoms with van der Waals surface area (Å²) in [7, 11) is 0. The molecule has 218 valence electrons. The van der Waals surface area contributed by atoms with Gasteiger partial charge >= 0.3 is 0 Å². The van der Waals surface area contributed by atoms with Gasteiger partial charge in [0.1, 0.15) is 0 Å². The van der Waals surface area contributed by atoms with Crippen LogP contribution in [0.1, 0.15) is 11.3 Å². The number of rotatable bonds is 9. The lowest BCUT2D eigenvalue weighted by Crippen LogP contribution is -2.43. The first-order valence-electron chi connectivity index (χ1n) is 15.7. The highest BCUT2D eigenvalue weighted by Gasteiger charge is 2.25. The highest BCUT2D eigenvalue weighted by Crippen LogP contribution is 2.35. The molecule has 3 heteroatoms. The summed E-state index contributed by atoms with van der Waals surface area (Å²) in [5.41, 5.74) is 11.4. The minimum absolute atomic E-state index is 0.0657. The van der Waals surface area contributed by atoms with Crippen molar-refractivity contribution in [1.82, 2.24) is 4.98 Å². The van der Waals surface area contributed by atoms with Gasteiger partial charge in [0, 0.05) is 28.8 Å². The molecule has 0 atom stereocenters. The Morgan fingerprint density at radius 3 is 1.35 bits per heavy atom. The molecular weight excluding hydrogens is 555 g/mol. The quantitative estimate of drug-likeness (QED) is 0.156. The first-order valence-corrected chi connectivity index (χ1v) is 15.7. The van der Waals surface area contributed by atoms with Gasteiger partial charge in [0.15, 0.2) is 0 Å². The normalized spacial score (nSPS) is 11.2. The molecule has 2 nitrogen and oxygen atoms in total. The Kier molecular flexibility index (Phi) is 8.65. The van der Waals surface area contributed by atoms with E-state index in [2.05, 4.69) is 187 Å². The minimum Gasteiger partial charge on any atom is -0.311 e. The summed E-state index contributed by atoms with van der Waals surface area (Å²) in [5.74, 6) is 0. The van der Waals surface area contributed by atoms with Crippen LogP contribution in [-0.2, 0) is 0 Å². The predicted octanol–water partition coefficient (Wildman–Crippen LogP) is 9.61. The van der Waals surface area contributed by atoms with Crippen molar-refractivity contribution in [3.63, 3.8) is 0 Å². The van der Waals surface area contributed by atoms with Gasteiger partial charge in [-0.25, -0.2) is 0 Å². The van der Waals surface area contributed by atoms with Crippen molar-refractivity contribution in [2.24, 2.45) is 0 Å². The van der Waals surface area contributed by atoms with Crippen molar-refractivity contribution < 1.29 is 0 Å². The van der Waals surface area contributed by atoms with Crippen LogP contribution in [0, 0.1) is 0 Å². The lowest BCUT2D eigenvalue weighted by molar-refractivity contribution is 1.28. The maximum absolute atomic E-state index is 4.96. The first kappa shape index (κ1) is 28.8. The number of para-hydroxylation sites is 2. The van der Waals surface area contributed by atoms with Crippen LogP contribution < -0.4 is 15.8 Å². The van der Waals surface area contributed by atoms with Gasteiger partial charge in [0.2, 0.25) is 6.71 Å². The summed E-state index contributed by atoms with van der Waals surface area (Å²) in [6.45, 7) is 0.0657. The monoisotopic (exact) mass is 588 g/mol. The van der Waals surface area contributed by atoms with Gasteiger partial charge in [-0.1, -0.05) is 162 Å². The van der Waals surface area contributed by atoms with Gasteiger partial charge in [-0.3, -0.25) is 4.98 Å². The number of anilines is 3. The summed E-state index contributed by atoms with van der Waals surface area (Å²) in [5, 5.41) is 0. The summed E-state index contributed by atoms with van der Waals surface area (Å²) in [6.07, 6.45) is 4.22. The zero-order chi connectivity index (χ0) is 31.0. The van der Waals surface area contributed by atoms with E-state index in [1.165, 1.54) is 22.0 Å². The number of benzene rings is 6. The van der Waals surface area contributed by atoms with Gasteiger partial charge < -0.3 is 4.90 Å². The molecule has 46 heavy (non-hydrogen) atoms. The zero-order valence-corrected chi connectivity index (χ0v) is 25.5. The molecule has 0 saturated heterocycles. The van der Waals surface area contributed by atoms with Crippen LogP contribution in [0.4, 0.5) is 17.1 Å². The van der Waals surface area contributed by atoms with Crippen LogP contribution in [0.2, 0.25) is 0 Å². The molecule has 0 N–H and O–H groups in total. The molecule has 0 fully saturated rings. The Morgan fingerprint density at radius 2 is 0.870 bits per heavy atom. The van der Waals surface area contributed by atoms with Crippen molar-refractivity contribution in [3.8, 4) is 11.1 Å². The molecular formula is C43H33BN2. The van der Waals surface area contributed by atoms with Crippen molar-refractivity contribution in [2.75, 3.05) is 4.90 Å². The smallest absolute Gasteiger partial charge is 0.242 e. The molecule has 1 aromatic heterocycles. The van der Waals surface area contributed by atoms with E-state index in [-0.39, 0.29) is 6.71 Å². The number of aromatic nitrogens is 1. The molecule has 0 amide bonds. The third kappa shape index (κ3) is 6.45. The first-order chi connectivity index (χ1) is 22.8. The molecule has 0 unspecified atom stereocenters. The summed E-state index contributed by atoms with van der Waals surface area (Å²) in [4.78, 5) is 7.23. The number of nitrogens with zero attached hydrogens (tertiary/aromatic N) is 2. The average Bonchev–Trinajstić information content (AvgIpc) is 3.14. The van der Waals surface area contributed by atoms with Crippen LogP contribution >= 0.6 is 0 Å². The lowest BCUT2D eigenvalue weighted by Gasteiger charge is -2.25. The van der Waals surface area contributed by atoms with E-state index < -0.39 is 0 Å². The molecule has 0 spiro atoms. The number of pyridine rings is 1. The van der Waals surface area contributed by atoms with E-state index in [1.54, 1.807) is 0 Å². The molecule has 1 heterocycles. The summed E-state index contributed by atoms with van der Waals surface area (Å²) < 4.78 is 0. The maximum atomic E-state index is 4.96. The van der Waals surface area contributed by atoms with Crippen LogP contribution in [0.15, 0.2) is 194 Å². The molecule has 0 aliphatic heterocycles. The topological polar surface area (TPSA) is 16.1 Å². The second kappa shape index (κ2) is 13.8. The van der Waals surface area contributed by atoms with Crippen molar-refractivity contribution >= 4 is 46.2 Å². The molecule has 7 rings (SSSR count). The van der Waals surface area contributed by atoms with E-state index in [4.69, 9.17) is 4.98 Å². The Hall–Kier alpha value is -5.93. The van der Waals surface area contributed by atoms with Crippen LogP contribution in [0.25, 0.3) is 22.7 Å². The minimum atomic E-state index is 0.0657. The fraction of sp³-hybridized carbons (Fsp3) is 0. The van der Waals surface area contributed by atoms with E-state index in [0.717, 1.165) is 33.9 Å². The Balaban J connectivity index is 1.22. The van der Waals surface area contributed by atoms with Crippen LogP contribution in [0.3, 0.4) is 0 Å². The predicted molar refractivity (Wildman–Crippen MR) is 197 cm³/mol. The number of hydrogen-bond donors (Lipinski definition) is 0. The van der Waals surface area contributed by atoms with E-state index in [1.807, 2.05) is 18.3 Å². The fourth-order valence-corrected chi connectivity index (χ4v) is 6.03. The second-order valence-electron chi connectivity index (χ2n) is 11.2. The van der Waals surface area contributed by atoms with Crippen molar-refractivity contribution in [1.29, 1.82) is 0 Å². The maximum Gasteiger partial charge on any atom is 0.242 e. The fourth-order valence-electron chi connectivity index (χ4n) is 6.03. The third-order valence-electron chi connectivity index (χ3n) is 8.26. The lowest BCUT2D eigenvalue weighted by atomic mass is 9.35. The van der Waals surface area contributed by atoms with Crippen LogP contribution in [0.5, 0.6) is 0 Å². The second-order valence-corrected chi connectivity index (χ2v) is 11.2. The Morgan fingerprint density at radius 1 is 0.435 bits per heavy atom. The van der Waals surface area contributed by atoms with Gasteiger partial charge in [0.25, 0.3) is 0 Å². The van der Waals surface area contributed by atoms with E-state index >= 15 is 0 Å². The summed E-state index contributed by atoms with van der Waals surface area (Å²) in [6, 6.07) is 66.1. The van der Waals surface area contributed by atoms with Gasteiger partial charge in [-0.15, -0.1) is 0 Å². The van der Waals surface area contributed by atoms with Gasteiger partial charge in [-0.2, -0.15) is 0 Å². The SMILES string of the molecule is C(=C(/B(c1ccccc1)c1ccccc1)c1ccccc1)/c1ccc(-c2ccc(N(c3ccccc3)c3ccccc3)cc2)cn1. The molecule has 0 saturated carbocycles. The average molecular weight is 589 g/mol. The van der Waals surface area contributed by atoms with Crippen molar-refractivity contribution in [2.45, 2.75) is 0 Å². The molecule has 7 aromatic rings. The summed E-state index contributed by atoms with van der Waals surface area (Å²) >= 11 is 0. The van der Waals surface area contributed by atoms with Crippen molar-refractivity contribution in [3.05, 3.63) is 206 Å². The molecule has 0 aliphatic carbocycles. The third-order valence-corrected chi connectivity index (χ3v) is 8.26.